The fourth-order valence-corrected chi connectivity index (χ4v) is 1.53. The van der Waals surface area contributed by atoms with Gasteiger partial charge in [0.2, 0.25) is 0 Å². The maximum absolute atomic E-state index is 4.99. The summed E-state index contributed by atoms with van der Waals surface area (Å²) in [5.41, 5.74) is 3.50. The third-order valence-corrected chi connectivity index (χ3v) is 2.50. The zero-order valence-electron chi connectivity index (χ0n) is 9.00. The van der Waals surface area contributed by atoms with Crippen LogP contribution in [-0.2, 0) is 13.0 Å². The zero-order valence-corrected chi connectivity index (χ0v) is 9.00. The molecule has 0 aliphatic heterocycles. The molecule has 2 aromatic heterocycles. The Kier molecular flexibility index (Phi) is 2.76. The molecule has 0 aliphatic carbocycles. The highest BCUT2D eigenvalue weighted by Gasteiger charge is 2.06. The SMILES string of the molecule is CCc1[nH]nc(NCc2ccoc2)c1C. The van der Waals surface area contributed by atoms with E-state index in [2.05, 4.69) is 29.4 Å². The first-order valence-corrected chi connectivity index (χ1v) is 5.10. The Hall–Kier alpha value is -1.71. The van der Waals surface area contributed by atoms with Crippen molar-refractivity contribution in [3.63, 3.8) is 0 Å². The van der Waals surface area contributed by atoms with Crippen LogP contribution in [0.1, 0.15) is 23.7 Å². The number of aromatic nitrogens is 2. The lowest BCUT2D eigenvalue weighted by atomic mass is 10.2. The number of nitrogens with one attached hydrogen (secondary N) is 2. The van der Waals surface area contributed by atoms with Crippen molar-refractivity contribution in [3.8, 4) is 0 Å². The molecular weight excluding hydrogens is 190 g/mol. The average Bonchev–Trinajstić information content (AvgIpc) is 2.85. The third-order valence-electron chi connectivity index (χ3n) is 2.50. The van der Waals surface area contributed by atoms with Crippen LogP contribution in [0.3, 0.4) is 0 Å². The number of furan rings is 1. The van der Waals surface area contributed by atoms with Crippen molar-refractivity contribution in [1.82, 2.24) is 10.2 Å². The highest BCUT2D eigenvalue weighted by atomic mass is 16.3. The minimum atomic E-state index is 0.741. The molecule has 0 unspecified atom stereocenters. The lowest BCUT2D eigenvalue weighted by Crippen LogP contribution is -1.99. The Balaban J connectivity index is 2.02. The minimum Gasteiger partial charge on any atom is -0.472 e. The number of hydrogen-bond acceptors (Lipinski definition) is 3. The standard InChI is InChI=1S/C11H15N3O/c1-3-10-8(2)11(14-13-10)12-6-9-4-5-15-7-9/h4-5,7H,3,6H2,1-2H3,(H2,12,13,14). The average molecular weight is 205 g/mol. The summed E-state index contributed by atoms with van der Waals surface area (Å²) in [4.78, 5) is 0. The number of anilines is 1. The fourth-order valence-electron chi connectivity index (χ4n) is 1.53. The van der Waals surface area contributed by atoms with Crippen molar-refractivity contribution >= 4 is 5.82 Å². The van der Waals surface area contributed by atoms with Crippen LogP contribution < -0.4 is 5.32 Å². The van der Waals surface area contributed by atoms with Crippen LogP contribution in [0, 0.1) is 6.92 Å². The first kappa shape index (κ1) is 9.83. The Morgan fingerprint density at radius 3 is 3.00 bits per heavy atom. The maximum Gasteiger partial charge on any atom is 0.151 e. The van der Waals surface area contributed by atoms with Crippen LogP contribution in [-0.4, -0.2) is 10.2 Å². The van der Waals surface area contributed by atoms with E-state index in [-0.39, 0.29) is 0 Å². The van der Waals surface area contributed by atoms with E-state index in [1.54, 1.807) is 12.5 Å². The number of H-pyrrole nitrogens is 1. The van der Waals surface area contributed by atoms with E-state index >= 15 is 0 Å². The molecule has 2 rings (SSSR count). The summed E-state index contributed by atoms with van der Waals surface area (Å²) in [5, 5.41) is 10.5. The number of aryl methyl sites for hydroxylation is 1. The van der Waals surface area contributed by atoms with Gasteiger partial charge in [-0.15, -0.1) is 0 Å². The topological polar surface area (TPSA) is 53.9 Å². The molecule has 0 bridgehead atoms. The van der Waals surface area contributed by atoms with Crippen molar-refractivity contribution in [2.24, 2.45) is 0 Å². The van der Waals surface area contributed by atoms with Crippen LogP contribution in [0.4, 0.5) is 5.82 Å². The second-order valence-corrected chi connectivity index (χ2v) is 3.51. The molecule has 4 nitrogen and oxygen atoms in total. The van der Waals surface area contributed by atoms with Gasteiger partial charge >= 0.3 is 0 Å². The molecule has 80 valence electrons. The smallest absolute Gasteiger partial charge is 0.151 e. The highest BCUT2D eigenvalue weighted by molar-refractivity contribution is 5.45. The Labute approximate surface area is 88.7 Å². The van der Waals surface area contributed by atoms with Crippen LogP contribution in [0.5, 0.6) is 0 Å². The molecule has 0 amide bonds. The van der Waals surface area contributed by atoms with Crippen molar-refractivity contribution in [2.75, 3.05) is 5.32 Å². The Bertz CT molecular complexity index is 417. The van der Waals surface area contributed by atoms with Gasteiger partial charge in [-0.2, -0.15) is 5.10 Å². The molecule has 15 heavy (non-hydrogen) atoms. The first-order chi connectivity index (χ1) is 7.31. The van der Waals surface area contributed by atoms with Crippen molar-refractivity contribution in [3.05, 3.63) is 35.4 Å². The van der Waals surface area contributed by atoms with E-state index in [0.717, 1.165) is 24.3 Å². The molecule has 2 N–H and O–H groups in total. The van der Waals surface area contributed by atoms with Crippen LogP contribution in [0.2, 0.25) is 0 Å². The number of hydrogen-bond donors (Lipinski definition) is 2. The molecule has 4 heteroatoms. The fraction of sp³-hybridized carbons (Fsp3) is 0.364. The predicted molar refractivity (Wildman–Crippen MR) is 58.7 cm³/mol. The van der Waals surface area contributed by atoms with Gasteiger partial charge in [0.1, 0.15) is 0 Å². The van der Waals surface area contributed by atoms with E-state index in [9.17, 15) is 0 Å². The molecule has 0 saturated carbocycles. The van der Waals surface area contributed by atoms with Gasteiger partial charge in [0.25, 0.3) is 0 Å². The van der Waals surface area contributed by atoms with Crippen LogP contribution in [0.15, 0.2) is 23.0 Å². The molecule has 0 saturated heterocycles. The van der Waals surface area contributed by atoms with Gasteiger partial charge in [0, 0.05) is 23.4 Å². The van der Waals surface area contributed by atoms with Crippen molar-refractivity contribution in [2.45, 2.75) is 26.8 Å². The van der Waals surface area contributed by atoms with E-state index in [1.165, 1.54) is 11.3 Å². The van der Waals surface area contributed by atoms with E-state index < -0.39 is 0 Å². The lowest BCUT2D eigenvalue weighted by Gasteiger charge is -2.01. The second-order valence-electron chi connectivity index (χ2n) is 3.51. The molecule has 0 aliphatic rings. The summed E-state index contributed by atoms with van der Waals surface area (Å²) >= 11 is 0. The highest BCUT2D eigenvalue weighted by Crippen LogP contribution is 2.16. The second kappa shape index (κ2) is 4.21. The lowest BCUT2D eigenvalue weighted by molar-refractivity contribution is 0.564. The largest absolute Gasteiger partial charge is 0.472 e. The van der Waals surface area contributed by atoms with Crippen LogP contribution >= 0.6 is 0 Å². The van der Waals surface area contributed by atoms with E-state index in [4.69, 9.17) is 4.42 Å². The number of aromatic amines is 1. The van der Waals surface area contributed by atoms with Gasteiger partial charge < -0.3 is 9.73 Å². The van der Waals surface area contributed by atoms with E-state index in [1.807, 2.05) is 6.07 Å². The number of rotatable bonds is 4. The quantitative estimate of drug-likeness (QED) is 0.806. The van der Waals surface area contributed by atoms with Gasteiger partial charge in [0.15, 0.2) is 5.82 Å². The minimum absolute atomic E-state index is 0.741. The Morgan fingerprint density at radius 1 is 1.53 bits per heavy atom. The number of nitrogens with zero attached hydrogens (tertiary/aromatic N) is 1. The summed E-state index contributed by atoms with van der Waals surface area (Å²) in [5.74, 6) is 0.924. The van der Waals surface area contributed by atoms with Gasteiger partial charge in [0.05, 0.1) is 12.5 Å². The summed E-state index contributed by atoms with van der Waals surface area (Å²) in [6.45, 7) is 4.92. The predicted octanol–water partition coefficient (Wildman–Crippen LogP) is 2.49. The summed E-state index contributed by atoms with van der Waals surface area (Å²) in [6.07, 6.45) is 4.38. The normalized spacial score (nSPS) is 10.5. The van der Waals surface area contributed by atoms with Gasteiger partial charge in [-0.3, -0.25) is 5.10 Å². The summed E-state index contributed by atoms with van der Waals surface area (Å²) < 4.78 is 4.99. The zero-order chi connectivity index (χ0) is 10.7. The van der Waals surface area contributed by atoms with Gasteiger partial charge in [-0.05, 0) is 19.4 Å². The molecule has 0 fully saturated rings. The van der Waals surface area contributed by atoms with Crippen LogP contribution in [0.25, 0.3) is 0 Å². The summed E-state index contributed by atoms with van der Waals surface area (Å²) in [7, 11) is 0. The molecular formula is C11H15N3O. The molecule has 0 aromatic carbocycles. The van der Waals surface area contributed by atoms with Gasteiger partial charge in [-0.25, -0.2) is 0 Å². The monoisotopic (exact) mass is 205 g/mol. The Morgan fingerprint density at radius 2 is 2.40 bits per heavy atom. The van der Waals surface area contributed by atoms with Gasteiger partial charge in [-0.1, -0.05) is 6.92 Å². The molecule has 0 spiro atoms. The molecule has 0 radical (unpaired) electrons. The first-order valence-electron chi connectivity index (χ1n) is 5.10. The van der Waals surface area contributed by atoms with Crippen molar-refractivity contribution < 1.29 is 4.42 Å². The molecule has 2 heterocycles. The van der Waals surface area contributed by atoms with Crippen molar-refractivity contribution in [1.29, 1.82) is 0 Å². The third kappa shape index (κ3) is 2.03. The summed E-state index contributed by atoms with van der Waals surface area (Å²) in [6, 6.07) is 1.94. The maximum atomic E-state index is 4.99. The molecule has 2 aromatic rings. The van der Waals surface area contributed by atoms with E-state index in [0.29, 0.717) is 0 Å². The molecule has 0 atom stereocenters.